The molecule has 1 atom stereocenters. The molecule has 0 amide bonds. The lowest BCUT2D eigenvalue weighted by Crippen LogP contribution is -2.01. The standard InChI is InChI=1S/C36H69FO2/c1-3-5-6-7-8-9-10-11-12-13-14-15-16-17-18-20-23-26-29-32-35(37)33-30-27-24-21-19-22-25-28-31-34-39-36(38)4-2/h4,35H,2-3,5-34H2,1H3. The molecule has 0 aliphatic rings. The van der Waals surface area contributed by atoms with Crippen molar-refractivity contribution in [1.29, 1.82) is 0 Å². The third kappa shape index (κ3) is 33.2. The quantitative estimate of drug-likeness (QED) is 0.0459. The van der Waals surface area contributed by atoms with Crippen molar-refractivity contribution in [1.82, 2.24) is 0 Å². The van der Waals surface area contributed by atoms with Gasteiger partial charge in [-0.2, -0.15) is 0 Å². The van der Waals surface area contributed by atoms with Crippen molar-refractivity contribution in [3.63, 3.8) is 0 Å². The summed E-state index contributed by atoms with van der Waals surface area (Å²) in [6.45, 7) is 6.19. The molecule has 0 bridgehead atoms. The van der Waals surface area contributed by atoms with Gasteiger partial charge in [-0.25, -0.2) is 9.18 Å². The van der Waals surface area contributed by atoms with Gasteiger partial charge in [0.15, 0.2) is 0 Å². The first-order valence-corrected chi connectivity index (χ1v) is 17.6. The first-order valence-electron chi connectivity index (χ1n) is 17.6. The van der Waals surface area contributed by atoms with E-state index in [0.717, 1.165) is 38.5 Å². The van der Waals surface area contributed by atoms with Gasteiger partial charge in [0.1, 0.15) is 6.17 Å². The van der Waals surface area contributed by atoms with E-state index in [0.29, 0.717) is 6.61 Å². The fraction of sp³-hybridized carbons (Fsp3) is 0.917. The Balaban J connectivity index is 3.16. The van der Waals surface area contributed by atoms with Crippen LogP contribution in [0.25, 0.3) is 0 Å². The zero-order chi connectivity index (χ0) is 28.5. The highest BCUT2D eigenvalue weighted by Gasteiger charge is 2.06. The maximum Gasteiger partial charge on any atom is 0.330 e. The number of carbonyl (C=O) groups is 1. The lowest BCUT2D eigenvalue weighted by atomic mass is 10.0. The van der Waals surface area contributed by atoms with E-state index in [1.54, 1.807) is 0 Å². The normalized spacial score (nSPS) is 12.1. The molecular formula is C36H69FO2. The average Bonchev–Trinajstić information content (AvgIpc) is 2.94. The highest BCUT2D eigenvalue weighted by atomic mass is 19.1. The molecule has 0 radical (unpaired) electrons. The molecule has 0 aliphatic heterocycles. The zero-order valence-corrected chi connectivity index (χ0v) is 26.5. The van der Waals surface area contributed by atoms with Gasteiger partial charge < -0.3 is 4.74 Å². The number of rotatable bonds is 33. The van der Waals surface area contributed by atoms with Crippen LogP contribution in [-0.4, -0.2) is 18.7 Å². The van der Waals surface area contributed by atoms with E-state index in [1.807, 2.05) is 0 Å². The number of esters is 1. The minimum absolute atomic E-state index is 0.323. The summed E-state index contributed by atoms with van der Waals surface area (Å²) in [5.74, 6) is -0.323. The van der Waals surface area contributed by atoms with Crippen molar-refractivity contribution >= 4 is 5.97 Å². The summed E-state index contributed by atoms with van der Waals surface area (Å²) in [6, 6.07) is 0. The van der Waals surface area contributed by atoms with Crippen LogP contribution in [0.1, 0.15) is 200 Å². The highest BCUT2D eigenvalue weighted by molar-refractivity contribution is 5.81. The molecule has 0 N–H and O–H groups in total. The summed E-state index contributed by atoms with van der Waals surface area (Å²) in [5, 5.41) is 0. The monoisotopic (exact) mass is 553 g/mol. The molecule has 0 heterocycles. The minimum Gasteiger partial charge on any atom is -0.463 e. The van der Waals surface area contributed by atoms with Gasteiger partial charge in [-0.1, -0.05) is 187 Å². The number of halogens is 1. The summed E-state index contributed by atoms with van der Waals surface area (Å²) in [4.78, 5) is 10.9. The molecule has 0 saturated carbocycles. The van der Waals surface area contributed by atoms with Crippen LogP contribution in [0, 0.1) is 0 Å². The SMILES string of the molecule is C=CC(=O)OCCCCCCCCCCCC(F)CCCCCCCCCCCCCCCCCCCCC. The van der Waals surface area contributed by atoms with Gasteiger partial charge in [0.25, 0.3) is 0 Å². The Morgan fingerprint density at radius 3 is 1.13 bits per heavy atom. The van der Waals surface area contributed by atoms with Gasteiger partial charge in [-0.3, -0.25) is 0 Å². The van der Waals surface area contributed by atoms with Gasteiger partial charge in [0.2, 0.25) is 0 Å². The number of carbonyl (C=O) groups excluding carboxylic acids is 1. The molecule has 1 unspecified atom stereocenters. The van der Waals surface area contributed by atoms with E-state index in [4.69, 9.17) is 4.74 Å². The molecule has 0 saturated heterocycles. The fourth-order valence-electron chi connectivity index (χ4n) is 5.53. The van der Waals surface area contributed by atoms with Gasteiger partial charge >= 0.3 is 5.97 Å². The van der Waals surface area contributed by atoms with E-state index in [1.165, 1.54) is 160 Å². The van der Waals surface area contributed by atoms with E-state index in [-0.39, 0.29) is 5.97 Å². The predicted octanol–water partition coefficient (Wildman–Crippen LogP) is 12.8. The molecule has 0 rings (SSSR count). The molecule has 232 valence electrons. The van der Waals surface area contributed by atoms with Crippen LogP contribution in [0.2, 0.25) is 0 Å². The van der Waals surface area contributed by atoms with Crippen LogP contribution in [-0.2, 0) is 9.53 Å². The first kappa shape index (κ1) is 38.1. The Labute approximate surface area is 244 Å². The second-order valence-corrected chi connectivity index (χ2v) is 12.1. The number of ether oxygens (including phenoxy) is 1. The first-order chi connectivity index (χ1) is 19.2. The van der Waals surface area contributed by atoms with Gasteiger partial charge in [0, 0.05) is 6.08 Å². The molecule has 0 aromatic rings. The fourth-order valence-corrected chi connectivity index (χ4v) is 5.53. The molecule has 0 aliphatic carbocycles. The largest absolute Gasteiger partial charge is 0.463 e. The summed E-state index contributed by atoms with van der Waals surface area (Å²) in [7, 11) is 0. The van der Waals surface area contributed by atoms with Crippen LogP contribution in [0.5, 0.6) is 0 Å². The van der Waals surface area contributed by atoms with Gasteiger partial charge in [-0.15, -0.1) is 0 Å². The summed E-state index contributed by atoms with van der Waals surface area (Å²) < 4.78 is 19.1. The Kier molecular flexibility index (Phi) is 32.6. The van der Waals surface area contributed by atoms with E-state index in [9.17, 15) is 9.18 Å². The number of hydrogen-bond acceptors (Lipinski definition) is 2. The highest BCUT2D eigenvalue weighted by Crippen LogP contribution is 2.18. The predicted molar refractivity (Wildman–Crippen MR) is 170 cm³/mol. The van der Waals surface area contributed by atoms with E-state index >= 15 is 0 Å². The molecular weight excluding hydrogens is 483 g/mol. The van der Waals surface area contributed by atoms with Crippen molar-refractivity contribution in [2.24, 2.45) is 0 Å². The van der Waals surface area contributed by atoms with Gasteiger partial charge in [-0.05, 0) is 19.3 Å². The molecule has 3 heteroatoms. The topological polar surface area (TPSA) is 26.3 Å². The second-order valence-electron chi connectivity index (χ2n) is 12.1. The van der Waals surface area contributed by atoms with Crippen LogP contribution < -0.4 is 0 Å². The Morgan fingerprint density at radius 1 is 0.538 bits per heavy atom. The van der Waals surface area contributed by atoms with Crippen molar-refractivity contribution < 1.29 is 13.9 Å². The van der Waals surface area contributed by atoms with Crippen LogP contribution in [0.4, 0.5) is 4.39 Å². The second kappa shape index (κ2) is 33.3. The molecule has 0 aromatic heterocycles. The van der Waals surface area contributed by atoms with E-state index in [2.05, 4.69) is 13.5 Å². The van der Waals surface area contributed by atoms with Crippen molar-refractivity contribution in [3.05, 3.63) is 12.7 Å². The minimum atomic E-state index is -0.578. The summed E-state index contributed by atoms with van der Waals surface area (Å²) in [6.07, 6.45) is 39.1. The van der Waals surface area contributed by atoms with Crippen LogP contribution in [0.3, 0.4) is 0 Å². The smallest absolute Gasteiger partial charge is 0.330 e. The average molecular weight is 553 g/mol. The lowest BCUT2D eigenvalue weighted by Gasteiger charge is -2.08. The molecule has 2 nitrogen and oxygen atoms in total. The van der Waals surface area contributed by atoms with Crippen LogP contribution in [0.15, 0.2) is 12.7 Å². The molecule has 0 aromatic carbocycles. The third-order valence-electron chi connectivity index (χ3n) is 8.19. The van der Waals surface area contributed by atoms with Crippen molar-refractivity contribution in [2.45, 2.75) is 206 Å². The maximum absolute atomic E-state index is 14.1. The number of unbranched alkanes of at least 4 members (excludes halogenated alkanes) is 26. The lowest BCUT2D eigenvalue weighted by molar-refractivity contribution is -0.137. The Morgan fingerprint density at radius 2 is 0.821 bits per heavy atom. The van der Waals surface area contributed by atoms with Gasteiger partial charge in [0.05, 0.1) is 6.61 Å². The third-order valence-corrected chi connectivity index (χ3v) is 8.19. The Bertz CT molecular complexity index is 492. The number of hydrogen-bond donors (Lipinski definition) is 0. The number of alkyl halides is 1. The summed E-state index contributed by atoms with van der Waals surface area (Å²) in [5.41, 5.74) is 0. The molecule has 0 fully saturated rings. The van der Waals surface area contributed by atoms with E-state index < -0.39 is 6.17 Å². The maximum atomic E-state index is 14.1. The zero-order valence-electron chi connectivity index (χ0n) is 26.5. The van der Waals surface area contributed by atoms with Crippen molar-refractivity contribution in [2.75, 3.05) is 6.61 Å². The van der Waals surface area contributed by atoms with Crippen molar-refractivity contribution in [3.8, 4) is 0 Å². The summed E-state index contributed by atoms with van der Waals surface area (Å²) >= 11 is 0. The molecule has 39 heavy (non-hydrogen) atoms. The Hall–Kier alpha value is -0.860. The molecule has 0 spiro atoms. The van der Waals surface area contributed by atoms with Crippen LogP contribution >= 0.6 is 0 Å².